The van der Waals surface area contributed by atoms with E-state index >= 15 is 0 Å². The Balaban J connectivity index is 2.88. The van der Waals surface area contributed by atoms with Crippen molar-refractivity contribution in [1.82, 2.24) is 0 Å². The van der Waals surface area contributed by atoms with Crippen LogP contribution in [0.15, 0.2) is 24.3 Å². The molecule has 2 N–H and O–H groups in total. The molecule has 0 fully saturated rings. The molecule has 0 aliphatic carbocycles. The molecular weight excluding hydrogens is 105 g/mol. The van der Waals surface area contributed by atoms with Crippen LogP contribution in [0.5, 0.6) is 0 Å². The van der Waals surface area contributed by atoms with Crippen LogP contribution in [0.25, 0.3) is 0 Å². The summed E-state index contributed by atoms with van der Waals surface area (Å²) in [5.41, 5.74) is 6.59. The summed E-state index contributed by atoms with van der Waals surface area (Å²) >= 11 is 2.07. The molecule has 0 amide bonds. The average molecular weight is 113 g/mol. The van der Waals surface area contributed by atoms with E-state index in [1.54, 1.807) is 0 Å². The quantitative estimate of drug-likeness (QED) is 0.507. The first-order valence-corrected chi connectivity index (χ1v) is 3.08. The Morgan fingerprint density at radius 2 is 1.78 bits per heavy atom. The predicted octanol–water partition coefficient (Wildman–Crippen LogP) is -0.0609. The molecule has 1 nitrogen and oxygen atoms in total. The SMILES string of the molecule is [Li][c]1ccc(CN)cc1. The van der Waals surface area contributed by atoms with E-state index in [4.69, 9.17) is 5.73 Å². The van der Waals surface area contributed by atoms with Crippen LogP contribution in [0.2, 0.25) is 0 Å². The van der Waals surface area contributed by atoms with E-state index < -0.39 is 0 Å². The summed E-state index contributed by atoms with van der Waals surface area (Å²) in [5.74, 6) is 0. The average Bonchev–Trinajstić information content (AvgIpc) is 1.90. The summed E-state index contributed by atoms with van der Waals surface area (Å²) in [6.45, 7) is 0.639. The molecule has 42 valence electrons. The molecule has 0 radical (unpaired) electrons. The fraction of sp³-hybridized carbons (Fsp3) is 0.143. The zero-order chi connectivity index (χ0) is 6.69. The van der Waals surface area contributed by atoms with Crippen LogP contribution in [0.3, 0.4) is 0 Å². The summed E-state index contributed by atoms with van der Waals surface area (Å²) in [6.07, 6.45) is 0. The van der Waals surface area contributed by atoms with E-state index in [-0.39, 0.29) is 0 Å². The van der Waals surface area contributed by atoms with Gasteiger partial charge in [0.1, 0.15) is 0 Å². The van der Waals surface area contributed by atoms with Gasteiger partial charge >= 0.3 is 64.1 Å². The molecule has 1 aromatic rings. The van der Waals surface area contributed by atoms with Crippen LogP contribution in [-0.4, -0.2) is 17.7 Å². The van der Waals surface area contributed by atoms with Crippen LogP contribution >= 0.6 is 0 Å². The van der Waals surface area contributed by atoms with Gasteiger partial charge in [0, 0.05) is 0 Å². The Morgan fingerprint density at radius 3 is 2.22 bits per heavy atom. The molecule has 0 atom stereocenters. The van der Waals surface area contributed by atoms with Crippen LogP contribution in [0.4, 0.5) is 0 Å². The van der Waals surface area contributed by atoms with Gasteiger partial charge in [0.2, 0.25) is 0 Å². The molecule has 0 saturated carbocycles. The van der Waals surface area contributed by atoms with Crippen molar-refractivity contribution in [1.29, 1.82) is 0 Å². The standard InChI is InChI=1S/C7H8N.Li/c8-6-7-4-2-1-3-5-7;/h2-5H,6,8H2;. The second-order valence-electron chi connectivity index (χ2n) is 2.19. The summed E-state index contributed by atoms with van der Waals surface area (Å²) < 4.78 is 1.28. The Labute approximate surface area is 64.5 Å². The molecular formula is C7H8LiN. The van der Waals surface area contributed by atoms with Crippen LogP contribution in [0.1, 0.15) is 5.56 Å². The van der Waals surface area contributed by atoms with Gasteiger partial charge in [-0.25, -0.2) is 0 Å². The molecule has 0 spiro atoms. The number of nitrogens with two attached hydrogens (primary N) is 1. The number of benzene rings is 1. The van der Waals surface area contributed by atoms with Crippen molar-refractivity contribution in [3.63, 3.8) is 0 Å². The van der Waals surface area contributed by atoms with Crippen molar-refractivity contribution < 1.29 is 0 Å². The van der Waals surface area contributed by atoms with Crippen molar-refractivity contribution in [3.05, 3.63) is 29.8 Å². The maximum absolute atomic E-state index is 5.40. The van der Waals surface area contributed by atoms with Crippen LogP contribution in [0, 0.1) is 0 Å². The third-order valence-electron chi connectivity index (χ3n) is 1.36. The van der Waals surface area contributed by atoms with E-state index in [9.17, 15) is 0 Å². The second kappa shape index (κ2) is 3.08. The van der Waals surface area contributed by atoms with Gasteiger partial charge in [0.05, 0.1) is 0 Å². The Morgan fingerprint density at radius 1 is 1.22 bits per heavy atom. The fourth-order valence-corrected chi connectivity index (χ4v) is 0.724. The van der Waals surface area contributed by atoms with Gasteiger partial charge in [-0.05, 0) is 0 Å². The van der Waals surface area contributed by atoms with E-state index in [2.05, 4.69) is 42.0 Å². The summed E-state index contributed by atoms with van der Waals surface area (Å²) in [6, 6.07) is 8.25. The van der Waals surface area contributed by atoms with Gasteiger partial charge in [-0.3, -0.25) is 0 Å². The number of hydrogen-bond donors (Lipinski definition) is 1. The predicted molar refractivity (Wildman–Crippen MR) is 39.7 cm³/mol. The minimum absolute atomic E-state index is 0.639. The topological polar surface area (TPSA) is 26.0 Å². The molecule has 0 aliphatic heterocycles. The van der Waals surface area contributed by atoms with Crippen molar-refractivity contribution in [2.75, 3.05) is 0 Å². The summed E-state index contributed by atoms with van der Waals surface area (Å²) in [7, 11) is 0. The molecule has 0 unspecified atom stereocenters. The normalized spacial score (nSPS) is 9.67. The Hall–Kier alpha value is -0.223. The van der Waals surface area contributed by atoms with Crippen molar-refractivity contribution in [2.24, 2.45) is 5.73 Å². The fourth-order valence-electron chi connectivity index (χ4n) is 0.724. The van der Waals surface area contributed by atoms with Crippen molar-refractivity contribution in [2.45, 2.75) is 6.54 Å². The molecule has 2 heteroatoms. The third kappa shape index (κ3) is 1.87. The van der Waals surface area contributed by atoms with Crippen molar-refractivity contribution in [3.8, 4) is 0 Å². The van der Waals surface area contributed by atoms with Gasteiger partial charge < -0.3 is 0 Å². The Bertz CT molecular complexity index is 181. The van der Waals surface area contributed by atoms with Gasteiger partial charge in [-0.2, -0.15) is 0 Å². The van der Waals surface area contributed by atoms with Gasteiger partial charge in [-0.1, -0.05) is 0 Å². The first kappa shape index (κ1) is 6.89. The molecule has 1 aromatic carbocycles. The van der Waals surface area contributed by atoms with Gasteiger partial charge in [0.15, 0.2) is 0 Å². The second-order valence-corrected chi connectivity index (χ2v) is 2.19. The molecule has 0 saturated heterocycles. The summed E-state index contributed by atoms with van der Waals surface area (Å²) in [4.78, 5) is 0. The van der Waals surface area contributed by atoms with Crippen LogP contribution in [-0.2, 0) is 6.54 Å². The monoisotopic (exact) mass is 113 g/mol. The number of rotatable bonds is 1. The Kier molecular flexibility index (Phi) is 2.36. The van der Waals surface area contributed by atoms with E-state index in [1.807, 2.05) is 0 Å². The zero-order valence-electron chi connectivity index (χ0n) is 5.59. The van der Waals surface area contributed by atoms with Crippen LogP contribution < -0.4 is 9.97 Å². The molecule has 0 heterocycles. The van der Waals surface area contributed by atoms with E-state index in [0.717, 1.165) is 0 Å². The molecule has 0 bridgehead atoms. The van der Waals surface area contributed by atoms with E-state index in [0.29, 0.717) is 6.54 Å². The molecule has 0 aliphatic rings. The first-order valence-electron chi connectivity index (χ1n) is 3.08. The van der Waals surface area contributed by atoms with E-state index in [1.165, 1.54) is 9.80 Å². The zero-order valence-corrected chi connectivity index (χ0v) is 5.59. The summed E-state index contributed by atoms with van der Waals surface area (Å²) in [5, 5.41) is 0. The number of hydrogen-bond acceptors (Lipinski definition) is 1. The van der Waals surface area contributed by atoms with Gasteiger partial charge in [0.25, 0.3) is 0 Å². The van der Waals surface area contributed by atoms with Gasteiger partial charge in [-0.15, -0.1) is 0 Å². The minimum atomic E-state index is 0.639. The first-order chi connectivity index (χ1) is 4.33. The van der Waals surface area contributed by atoms with Crippen molar-refractivity contribution >= 4 is 22.0 Å². The molecule has 1 rings (SSSR count). The molecule has 9 heavy (non-hydrogen) atoms. The maximum atomic E-state index is 5.40. The third-order valence-corrected chi connectivity index (χ3v) is 1.36. The molecule has 0 aromatic heterocycles.